The highest BCUT2D eigenvalue weighted by Crippen LogP contribution is 2.64. The van der Waals surface area contributed by atoms with E-state index in [1.54, 1.807) is 19.2 Å². The average molecular weight is 468 g/mol. The lowest BCUT2D eigenvalue weighted by molar-refractivity contribution is 0.0137. The molecule has 6 heteroatoms. The zero-order chi connectivity index (χ0) is 23.5. The standard InChI is InChI=1S/C29H27N2O4/c1-34-23-11-8-17-14-22-20-9-10-21(31-27(32)18-4-2-3-5-19(18)28(31)33)26-29(20,24(17)25(23)35-26)12-13-30(22)15-16-6-7-16/h2-5,8,11-13,16,21-22,26H,6-7,9-10,14-15H2,1H3/t21-,22-,26+,29+/m1/s1. The monoisotopic (exact) mass is 467 g/mol. The van der Waals surface area contributed by atoms with E-state index in [0.29, 0.717) is 17.2 Å². The fourth-order valence-electron chi connectivity index (χ4n) is 7.51. The van der Waals surface area contributed by atoms with Crippen molar-refractivity contribution < 1.29 is 19.1 Å². The van der Waals surface area contributed by atoms with Crippen LogP contribution in [0.15, 0.2) is 48.7 Å². The lowest BCUT2D eigenvalue weighted by Gasteiger charge is -2.57. The molecule has 0 saturated heterocycles. The number of benzene rings is 2. The number of amides is 2. The zero-order valence-corrected chi connectivity index (χ0v) is 19.7. The SMILES string of the molecule is COc1ccc2c3c1O[C@H]1[C@H](N4C(=O)c5ccccc5C4=O)CC[C]4[C@@H](C2)N(CC2CC2)C=C[C@]431. The second-order valence-electron chi connectivity index (χ2n) is 10.9. The van der Waals surface area contributed by atoms with Gasteiger partial charge in [-0.2, -0.15) is 0 Å². The Morgan fingerprint density at radius 3 is 2.54 bits per heavy atom. The minimum atomic E-state index is -0.430. The van der Waals surface area contributed by atoms with Gasteiger partial charge in [0.15, 0.2) is 11.5 Å². The van der Waals surface area contributed by atoms with E-state index in [0.717, 1.165) is 43.2 Å². The maximum atomic E-state index is 13.5. The van der Waals surface area contributed by atoms with Crippen LogP contribution >= 0.6 is 0 Å². The molecule has 2 aromatic carbocycles. The third-order valence-electron chi connectivity index (χ3n) is 9.19. The molecule has 4 atom stereocenters. The van der Waals surface area contributed by atoms with Crippen LogP contribution in [0.5, 0.6) is 11.5 Å². The van der Waals surface area contributed by atoms with Gasteiger partial charge in [0.1, 0.15) is 6.10 Å². The van der Waals surface area contributed by atoms with Crippen molar-refractivity contribution in [1.82, 2.24) is 9.80 Å². The van der Waals surface area contributed by atoms with E-state index in [1.807, 2.05) is 18.2 Å². The molecule has 0 aromatic heterocycles. The smallest absolute Gasteiger partial charge is 0.261 e. The Labute approximate surface area is 204 Å². The zero-order valence-electron chi connectivity index (χ0n) is 19.7. The predicted octanol–water partition coefficient (Wildman–Crippen LogP) is 3.89. The molecule has 2 aromatic rings. The molecular weight excluding hydrogens is 440 g/mol. The number of ether oxygens (including phenoxy) is 2. The first-order valence-electron chi connectivity index (χ1n) is 12.8. The molecule has 1 spiro atoms. The Morgan fingerprint density at radius 1 is 1.06 bits per heavy atom. The summed E-state index contributed by atoms with van der Waals surface area (Å²) in [5.74, 6) is 3.38. The van der Waals surface area contributed by atoms with Gasteiger partial charge in [0.2, 0.25) is 0 Å². The van der Waals surface area contributed by atoms with E-state index in [9.17, 15) is 9.59 Å². The summed E-state index contributed by atoms with van der Waals surface area (Å²) < 4.78 is 12.5. The van der Waals surface area contributed by atoms with Crippen LogP contribution in [0.2, 0.25) is 0 Å². The number of methoxy groups -OCH3 is 1. The third kappa shape index (κ3) is 2.40. The molecule has 2 bridgehead atoms. The van der Waals surface area contributed by atoms with Gasteiger partial charge >= 0.3 is 0 Å². The molecule has 3 aliphatic carbocycles. The summed E-state index contributed by atoms with van der Waals surface area (Å²) in [7, 11) is 1.67. The van der Waals surface area contributed by atoms with E-state index in [2.05, 4.69) is 23.2 Å². The van der Waals surface area contributed by atoms with Crippen LogP contribution in [0, 0.1) is 11.8 Å². The molecule has 6 aliphatic rings. The molecule has 1 radical (unpaired) electrons. The first kappa shape index (κ1) is 20.0. The molecule has 2 fully saturated rings. The van der Waals surface area contributed by atoms with Crippen molar-refractivity contribution in [3.8, 4) is 11.5 Å². The van der Waals surface area contributed by atoms with E-state index in [-0.39, 0.29) is 24.0 Å². The quantitative estimate of drug-likeness (QED) is 0.639. The Bertz CT molecular complexity index is 1290. The van der Waals surface area contributed by atoms with E-state index in [4.69, 9.17) is 9.47 Å². The van der Waals surface area contributed by atoms with Gasteiger partial charge in [-0.3, -0.25) is 14.5 Å². The van der Waals surface area contributed by atoms with Gasteiger partial charge in [-0.15, -0.1) is 0 Å². The van der Waals surface area contributed by atoms with Crippen LogP contribution in [-0.2, 0) is 11.8 Å². The van der Waals surface area contributed by atoms with E-state index in [1.165, 1.54) is 34.8 Å². The molecule has 6 nitrogen and oxygen atoms in total. The van der Waals surface area contributed by atoms with Crippen LogP contribution < -0.4 is 9.47 Å². The Morgan fingerprint density at radius 2 is 1.83 bits per heavy atom. The summed E-state index contributed by atoms with van der Waals surface area (Å²) in [6.07, 6.45) is 9.47. The molecular formula is C29H27N2O4. The van der Waals surface area contributed by atoms with Gasteiger partial charge in [-0.1, -0.05) is 24.3 Å². The van der Waals surface area contributed by atoms with Gasteiger partial charge in [0.25, 0.3) is 11.8 Å². The fourth-order valence-corrected chi connectivity index (χ4v) is 7.51. The van der Waals surface area contributed by atoms with Crippen molar-refractivity contribution >= 4 is 11.8 Å². The lowest BCUT2D eigenvalue weighted by atomic mass is 9.52. The molecule has 3 aliphatic heterocycles. The molecule has 3 heterocycles. The van der Waals surface area contributed by atoms with Crippen LogP contribution in [0.1, 0.15) is 57.5 Å². The number of hydrogen-bond donors (Lipinski definition) is 0. The topological polar surface area (TPSA) is 59.1 Å². The molecule has 0 N–H and O–H groups in total. The van der Waals surface area contributed by atoms with Gasteiger partial charge in [-0.05, 0) is 68.0 Å². The van der Waals surface area contributed by atoms with Gasteiger partial charge < -0.3 is 14.4 Å². The highest BCUT2D eigenvalue weighted by atomic mass is 16.5. The fraction of sp³-hybridized carbons (Fsp3) is 0.414. The first-order valence-corrected chi connectivity index (χ1v) is 12.8. The normalized spacial score (nSPS) is 32.0. The number of carbonyl (C=O) groups excluding carboxylic acids is 2. The summed E-state index contributed by atoms with van der Waals surface area (Å²) in [5.41, 5.74) is 3.05. The maximum absolute atomic E-state index is 13.5. The van der Waals surface area contributed by atoms with Crippen LogP contribution in [0.4, 0.5) is 0 Å². The van der Waals surface area contributed by atoms with Crippen molar-refractivity contribution in [1.29, 1.82) is 0 Å². The summed E-state index contributed by atoms with van der Waals surface area (Å²) in [5, 5.41) is 0. The summed E-state index contributed by atoms with van der Waals surface area (Å²) in [6.45, 7) is 1.10. The molecule has 8 rings (SSSR count). The largest absolute Gasteiger partial charge is 0.493 e. The van der Waals surface area contributed by atoms with Crippen LogP contribution in [0.3, 0.4) is 0 Å². The lowest BCUT2D eigenvalue weighted by Crippen LogP contribution is -2.65. The molecule has 177 valence electrons. The van der Waals surface area contributed by atoms with E-state index >= 15 is 0 Å². The van der Waals surface area contributed by atoms with Crippen molar-refractivity contribution in [2.24, 2.45) is 5.92 Å². The van der Waals surface area contributed by atoms with Gasteiger partial charge in [0, 0.05) is 24.1 Å². The number of fused-ring (bicyclic) bond motifs is 1. The van der Waals surface area contributed by atoms with Crippen molar-refractivity contribution in [2.75, 3.05) is 13.7 Å². The number of imide groups is 1. The molecule has 35 heavy (non-hydrogen) atoms. The van der Waals surface area contributed by atoms with Crippen LogP contribution in [-0.4, -0.2) is 53.5 Å². The van der Waals surface area contributed by atoms with Gasteiger partial charge in [0.05, 0.1) is 29.7 Å². The summed E-state index contributed by atoms with van der Waals surface area (Å²) in [4.78, 5) is 31.0. The van der Waals surface area contributed by atoms with E-state index < -0.39 is 5.41 Å². The molecule has 2 amide bonds. The predicted molar refractivity (Wildman–Crippen MR) is 128 cm³/mol. The Kier molecular flexibility index (Phi) is 3.81. The second kappa shape index (κ2) is 6.68. The maximum Gasteiger partial charge on any atom is 0.261 e. The Hall–Kier alpha value is -3.28. The van der Waals surface area contributed by atoms with Crippen molar-refractivity contribution in [3.05, 3.63) is 76.8 Å². The van der Waals surface area contributed by atoms with Crippen molar-refractivity contribution in [2.45, 2.75) is 55.7 Å². The minimum Gasteiger partial charge on any atom is -0.493 e. The summed E-state index contributed by atoms with van der Waals surface area (Å²) >= 11 is 0. The second-order valence-corrected chi connectivity index (χ2v) is 10.9. The molecule has 2 saturated carbocycles. The summed E-state index contributed by atoms with van der Waals surface area (Å²) in [6, 6.07) is 11.4. The van der Waals surface area contributed by atoms with Crippen LogP contribution in [0.25, 0.3) is 0 Å². The Balaban J connectivity index is 1.28. The van der Waals surface area contributed by atoms with Crippen molar-refractivity contribution in [3.63, 3.8) is 0 Å². The minimum absolute atomic E-state index is 0.204. The first-order chi connectivity index (χ1) is 17.1. The number of carbonyl (C=O) groups is 2. The highest BCUT2D eigenvalue weighted by Gasteiger charge is 2.67. The number of nitrogens with zero attached hydrogens (tertiary/aromatic N) is 2. The number of hydrogen-bond acceptors (Lipinski definition) is 5. The highest BCUT2D eigenvalue weighted by molar-refractivity contribution is 6.21. The molecule has 0 unspecified atom stereocenters. The van der Waals surface area contributed by atoms with Gasteiger partial charge in [-0.25, -0.2) is 0 Å². The third-order valence-corrected chi connectivity index (χ3v) is 9.19. The number of rotatable bonds is 4. The average Bonchev–Trinajstić information content (AvgIpc) is 3.58.